The molecular formula is C31H34N6O5S2. The van der Waals surface area contributed by atoms with Crippen LogP contribution in [-0.2, 0) is 21.4 Å². The molecule has 1 fully saturated rings. The summed E-state index contributed by atoms with van der Waals surface area (Å²) in [6.07, 6.45) is 1.70. The van der Waals surface area contributed by atoms with Crippen LogP contribution in [0.2, 0.25) is 0 Å². The van der Waals surface area contributed by atoms with E-state index in [0.29, 0.717) is 41.1 Å². The van der Waals surface area contributed by atoms with Crippen LogP contribution in [0.15, 0.2) is 76.8 Å². The first-order valence-electron chi connectivity index (χ1n) is 14.1. The van der Waals surface area contributed by atoms with E-state index in [-0.39, 0.29) is 29.0 Å². The Labute approximate surface area is 261 Å². The molecule has 44 heavy (non-hydrogen) atoms. The zero-order chi connectivity index (χ0) is 31.3. The number of carbonyl (C=O) groups excluding carboxylic acids is 2. The smallest absolute Gasteiger partial charge is 0.251 e. The van der Waals surface area contributed by atoms with Gasteiger partial charge in [0.05, 0.1) is 30.0 Å². The van der Waals surface area contributed by atoms with Crippen molar-refractivity contribution < 1.29 is 22.7 Å². The molecule has 0 spiro atoms. The number of rotatable bonds is 11. The minimum atomic E-state index is -3.57. The molecule has 5 rings (SSSR count). The second-order valence-corrected chi connectivity index (χ2v) is 13.2. The van der Waals surface area contributed by atoms with Crippen LogP contribution in [0.5, 0.6) is 5.75 Å². The summed E-state index contributed by atoms with van der Waals surface area (Å²) >= 11 is 1.24. The van der Waals surface area contributed by atoms with Crippen molar-refractivity contribution in [2.24, 2.45) is 0 Å². The van der Waals surface area contributed by atoms with Crippen molar-refractivity contribution in [2.75, 3.05) is 31.3 Å². The lowest BCUT2D eigenvalue weighted by atomic mass is 10.1. The SMILES string of the molecule is COc1ccc(NC(=O)CSc2nnc(CNC(=O)c3ccc(S(=O)(=O)N4CCCC4)cc3)n2-c2cccc(C)c2C)cc1. The number of nitrogens with zero attached hydrogens (tertiary/aromatic N) is 4. The summed E-state index contributed by atoms with van der Waals surface area (Å²) in [6, 6.07) is 18.9. The van der Waals surface area contributed by atoms with E-state index < -0.39 is 10.0 Å². The van der Waals surface area contributed by atoms with E-state index in [4.69, 9.17) is 4.74 Å². The largest absolute Gasteiger partial charge is 0.497 e. The number of benzene rings is 3. The lowest BCUT2D eigenvalue weighted by molar-refractivity contribution is -0.113. The Morgan fingerprint density at radius 2 is 1.66 bits per heavy atom. The number of nitrogens with one attached hydrogen (secondary N) is 2. The van der Waals surface area contributed by atoms with E-state index in [1.165, 1.54) is 40.3 Å². The summed E-state index contributed by atoms with van der Waals surface area (Å²) in [6.45, 7) is 5.09. The molecular weight excluding hydrogens is 601 g/mol. The molecule has 0 bridgehead atoms. The zero-order valence-electron chi connectivity index (χ0n) is 24.7. The highest BCUT2D eigenvalue weighted by molar-refractivity contribution is 7.99. The Morgan fingerprint density at radius 1 is 0.955 bits per heavy atom. The van der Waals surface area contributed by atoms with E-state index in [0.717, 1.165) is 29.7 Å². The second-order valence-electron chi connectivity index (χ2n) is 10.3. The van der Waals surface area contributed by atoms with Gasteiger partial charge in [-0.15, -0.1) is 10.2 Å². The number of hydrogen-bond donors (Lipinski definition) is 2. The molecule has 0 unspecified atom stereocenters. The number of hydrogen-bond acceptors (Lipinski definition) is 8. The molecule has 3 aromatic carbocycles. The molecule has 2 heterocycles. The average Bonchev–Trinajstić information content (AvgIpc) is 3.72. The molecule has 4 aromatic rings. The first kappa shape index (κ1) is 31.2. The quantitative estimate of drug-likeness (QED) is 0.233. The summed E-state index contributed by atoms with van der Waals surface area (Å²) in [5, 5.41) is 14.9. The Kier molecular flexibility index (Phi) is 9.67. The molecule has 1 aromatic heterocycles. The first-order valence-corrected chi connectivity index (χ1v) is 16.6. The predicted octanol–water partition coefficient (Wildman–Crippen LogP) is 4.34. The highest BCUT2D eigenvalue weighted by Gasteiger charge is 2.27. The summed E-state index contributed by atoms with van der Waals surface area (Å²) < 4.78 is 34.2. The maximum atomic E-state index is 13.0. The molecule has 1 aliphatic rings. The van der Waals surface area contributed by atoms with E-state index in [9.17, 15) is 18.0 Å². The van der Waals surface area contributed by atoms with Crippen molar-refractivity contribution in [3.8, 4) is 11.4 Å². The third-order valence-corrected chi connectivity index (χ3v) is 10.3. The number of sulfonamides is 1. The number of thioether (sulfide) groups is 1. The normalized spacial score (nSPS) is 13.5. The summed E-state index contributed by atoms with van der Waals surface area (Å²) in [7, 11) is -1.98. The molecule has 0 atom stereocenters. The van der Waals surface area contributed by atoms with Crippen LogP contribution < -0.4 is 15.4 Å². The average molecular weight is 635 g/mol. The fourth-order valence-corrected chi connectivity index (χ4v) is 7.13. The van der Waals surface area contributed by atoms with Gasteiger partial charge in [-0.05, 0) is 92.4 Å². The van der Waals surface area contributed by atoms with Gasteiger partial charge in [0.2, 0.25) is 15.9 Å². The zero-order valence-corrected chi connectivity index (χ0v) is 26.4. The minimum Gasteiger partial charge on any atom is -0.497 e. The molecule has 2 N–H and O–H groups in total. The van der Waals surface area contributed by atoms with Crippen LogP contribution in [0.4, 0.5) is 5.69 Å². The van der Waals surface area contributed by atoms with Gasteiger partial charge in [0.25, 0.3) is 5.91 Å². The van der Waals surface area contributed by atoms with Gasteiger partial charge in [-0.1, -0.05) is 23.9 Å². The Morgan fingerprint density at radius 3 is 2.34 bits per heavy atom. The van der Waals surface area contributed by atoms with Crippen LogP contribution in [0.25, 0.3) is 5.69 Å². The monoisotopic (exact) mass is 634 g/mol. The Bertz CT molecular complexity index is 1750. The highest BCUT2D eigenvalue weighted by Crippen LogP contribution is 2.27. The third-order valence-electron chi connectivity index (χ3n) is 7.45. The molecule has 0 saturated carbocycles. The number of carbonyl (C=O) groups is 2. The van der Waals surface area contributed by atoms with Crippen LogP contribution in [0.1, 0.15) is 40.2 Å². The van der Waals surface area contributed by atoms with Gasteiger partial charge in [0, 0.05) is 24.3 Å². The topological polar surface area (TPSA) is 136 Å². The summed E-state index contributed by atoms with van der Waals surface area (Å²) in [5.41, 5.74) is 3.90. The fraction of sp³-hybridized carbons (Fsp3) is 0.290. The summed E-state index contributed by atoms with van der Waals surface area (Å²) in [5.74, 6) is 0.688. The van der Waals surface area contributed by atoms with Crippen LogP contribution in [0, 0.1) is 13.8 Å². The number of anilines is 1. The molecule has 2 amide bonds. The van der Waals surface area contributed by atoms with E-state index in [1.54, 1.807) is 31.4 Å². The molecule has 1 aliphatic heterocycles. The van der Waals surface area contributed by atoms with Gasteiger partial charge < -0.3 is 15.4 Å². The first-order chi connectivity index (χ1) is 21.2. The number of aryl methyl sites for hydroxylation is 1. The van der Waals surface area contributed by atoms with Gasteiger partial charge >= 0.3 is 0 Å². The molecule has 11 nitrogen and oxygen atoms in total. The Hall–Kier alpha value is -4.20. The van der Waals surface area contributed by atoms with E-state index in [1.807, 2.05) is 36.6 Å². The van der Waals surface area contributed by atoms with E-state index >= 15 is 0 Å². The number of aromatic nitrogens is 3. The van der Waals surface area contributed by atoms with Gasteiger partial charge in [-0.2, -0.15) is 4.31 Å². The maximum Gasteiger partial charge on any atom is 0.251 e. The molecule has 0 radical (unpaired) electrons. The van der Waals surface area contributed by atoms with Crippen molar-refractivity contribution in [1.29, 1.82) is 0 Å². The second kappa shape index (κ2) is 13.6. The summed E-state index contributed by atoms with van der Waals surface area (Å²) in [4.78, 5) is 25.9. The van der Waals surface area contributed by atoms with Crippen molar-refractivity contribution in [1.82, 2.24) is 24.4 Å². The number of amides is 2. The highest BCUT2D eigenvalue weighted by atomic mass is 32.2. The Balaban J connectivity index is 1.30. The van der Waals surface area contributed by atoms with Crippen molar-refractivity contribution in [3.63, 3.8) is 0 Å². The lowest BCUT2D eigenvalue weighted by Crippen LogP contribution is -2.28. The van der Waals surface area contributed by atoms with Crippen molar-refractivity contribution in [2.45, 2.75) is 43.3 Å². The molecule has 13 heteroatoms. The van der Waals surface area contributed by atoms with Crippen molar-refractivity contribution >= 4 is 39.3 Å². The third kappa shape index (κ3) is 6.95. The maximum absolute atomic E-state index is 13.0. The molecule has 1 saturated heterocycles. The minimum absolute atomic E-state index is 0.0612. The van der Waals surface area contributed by atoms with E-state index in [2.05, 4.69) is 20.8 Å². The van der Waals surface area contributed by atoms with Gasteiger partial charge in [0.1, 0.15) is 5.75 Å². The molecule has 230 valence electrons. The fourth-order valence-electron chi connectivity index (χ4n) is 4.85. The predicted molar refractivity (Wildman–Crippen MR) is 169 cm³/mol. The van der Waals surface area contributed by atoms with Gasteiger partial charge in [-0.25, -0.2) is 8.42 Å². The standard InChI is InChI=1S/C31H34N6O5S2/c1-21-7-6-8-27(22(21)2)37-28(34-35-31(37)43-20-29(38)33-24-11-13-25(42-3)14-12-24)19-32-30(39)23-9-15-26(16-10-23)44(40,41)36-17-4-5-18-36/h6-16H,4-5,17-20H2,1-3H3,(H,32,39)(H,33,38). The molecule has 0 aliphatic carbocycles. The lowest BCUT2D eigenvalue weighted by Gasteiger charge is -2.16. The van der Waals surface area contributed by atoms with Gasteiger partial charge in [-0.3, -0.25) is 14.2 Å². The number of ether oxygens (including phenoxy) is 1. The van der Waals surface area contributed by atoms with Gasteiger partial charge in [0.15, 0.2) is 11.0 Å². The van der Waals surface area contributed by atoms with Crippen LogP contribution >= 0.6 is 11.8 Å². The number of methoxy groups -OCH3 is 1. The van der Waals surface area contributed by atoms with Crippen LogP contribution in [0.3, 0.4) is 0 Å². The van der Waals surface area contributed by atoms with Crippen LogP contribution in [-0.4, -0.2) is 65.3 Å². The van der Waals surface area contributed by atoms with Crippen molar-refractivity contribution in [3.05, 3.63) is 89.2 Å².